The van der Waals surface area contributed by atoms with Crippen LogP contribution < -0.4 is 10.2 Å². The maximum absolute atomic E-state index is 9.52. The number of hydrogen-bond donors (Lipinski definition) is 2. The molecule has 1 unspecified atom stereocenters. The van der Waals surface area contributed by atoms with E-state index in [9.17, 15) is 5.11 Å². The fourth-order valence-corrected chi connectivity index (χ4v) is 2.24. The molecule has 1 heterocycles. The maximum Gasteiger partial charge on any atom is 0.131 e. The van der Waals surface area contributed by atoms with Gasteiger partial charge < -0.3 is 20.1 Å². The van der Waals surface area contributed by atoms with E-state index in [1.165, 1.54) is 5.56 Å². The summed E-state index contributed by atoms with van der Waals surface area (Å²) in [4.78, 5) is 2.04. The third-order valence-corrected chi connectivity index (χ3v) is 3.00. The highest BCUT2D eigenvalue weighted by Crippen LogP contribution is 2.22. The van der Waals surface area contributed by atoms with Gasteiger partial charge in [-0.15, -0.1) is 0 Å². The van der Waals surface area contributed by atoms with Gasteiger partial charge in [-0.05, 0) is 13.8 Å². The number of likely N-dealkylation sites (N-methyl/N-ethyl adjacent to an activating group) is 1. The molecule has 0 saturated carbocycles. The zero-order valence-electron chi connectivity index (χ0n) is 12.6. The van der Waals surface area contributed by atoms with Crippen molar-refractivity contribution in [2.75, 3.05) is 38.8 Å². The van der Waals surface area contributed by atoms with Gasteiger partial charge in [0.1, 0.15) is 5.82 Å². The summed E-state index contributed by atoms with van der Waals surface area (Å²) in [6, 6.07) is 0. The van der Waals surface area contributed by atoms with Gasteiger partial charge in [-0.25, -0.2) is 0 Å². The SMILES string of the molecule is COCCNCc1c(C)nn(C)c1N(C)CC(C)O. The van der Waals surface area contributed by atoms with Crippen LogP contribution in [0.3, 0.4) is 0 Å². The Morgan fingerprint density at radius 3 is 2.79 bits per heavy atom. The normalized spacial score (nSPS) is 12.7. The molecule has 110 valence electrons. The fourth-order valence-electron chi connectivity index (χ4n) is 2.24. The molecule has 19 heavy (non-hydrogen) atoms. The molecule has 2 N–H and O–H groups in total. The second-order valence-electron chi connectivity index (χ2n) is 4.91. The van der Waals surface area contributed by atoms with E-state index in [0.29, 0.717) is 13.2 Å². The van der Waals surface area contributed by atoms with Crippen LogP contribution in [0, 0.1) is 6.92 Å². The molecule has 0 amide bonds. The monoisotopic (exact) mass is 270 g/mol. The molecule has 0 fully saturated rings. The Kier molecular flexibility index (Phi) is 6.27. The zero-order valence-corrected chi connectivity index (χ0v) is 12.6. The number of rotatable bonds is 8. The Morgan fingerprint density at radius 2 is 2.21 bits per heavy atom. The van der Waals surface area contributed by atoms with Gasteiger partial charge in [0, 0.05) is 46.4 Å². The van der Waals surface area contributed by atoms with Crippen LogP contribution in [0.15, 0.2) is 0 Å². The molecule has 1 aromatic rings. The summed E-state index contributed by atoms with van der Waals surface area (Å²) < 4.78 is 6.88. The van der Waals surface area contributed by atoms with Crippen LogP contribution in [0.2, 0.25) is 0 Å². The minimum Gasteiger partial charge on any atom is -0.392 e. The Bertz CT molecular complexity index is 390. The van der Waals surface area contributed by atoms with Gasteiger partial charge in [0.2, 0.25) is 0 Å². The number of aliphatic hydroxyl groups is 1. The molecule has 1 rings (SSSR count). The van der Waals surface area contributed by atoms with E-state index in [4.69, 9.17) is 4.74 Å². The standard InChI is InChI=1S/C13H26N4O2/c1-10(18)9-16(3)13-12(8-14-6-7-19-5)11(2)15-17(13)4/h10,14,18H,6-9H2,1-5H3. The first-order chi connectivity index (χ1) is 8.97. The summed E-state index contributed by atoms with van der Waals surface area (Å²) >= 11 is 0. The zero-order chi connectivity index (χ0) is 14.4. The van der Waals surface area contributed by atoms with Crippen molar-refractivity contribution in [3.05, 3.63) is 11.3 Å². The number of hydrogen-bond acceptors (Lipinski definition) is 5. The van der Waals surface area contributed by atoms with E-state index in [1.54, 1.807) is 14.0 Å². The van der Waals surface area contributed by atoms with E-state index in [0.717, 1.165) is 24.6 Å². The molecule has 0 aliphatic heterocycles. The predicted molar refractivity (Wildman–Crippen MR) is 76.5 cm³/mol. The molecule has 0 aliphatic carbocycles. The molecule has 0 radical (unpaired) electrons. The number of nitrogens with one attached hydrogen (secondary N) is 1. The van der Waals surface area contributed by atoms with Gasteiger partial charge in [-0.3, -0.25) is 4.68 Å². The summed E-state index contributed by atoms with van der Waals surface area (Å²) in [6.07, 6.45) is -0.366. The molecule has 0 saturated heterocycles. The summed E-state index contributed by atoms with van der Waals surface area (Å²) in [5.74, 6) is 1.04. The number of ether oxygens (including phenoxy) is 1. The van der Waals surface area contributed by atoms with E-state index in [-0.39, 0.29) is 6.10 Å². The van der Waals surface area contributed by atoms with Gasteiger partial charge in [0.05, 0.1) is 18.4 Å². The van der Waals surface area contributed by atoms with Crippen LogP contribution in [0.4, 0.5) is 5.82 Å². The number of methoxy groups -OCH3 is 1. The van der Waals surface area contributed by atoms with Crippen molar-refractivity contribution in [3.63, 3.8) is 0 Å². The maximum atomic E-state index is 9.52. The van der Waals surface area contributed by atoms with E-state index >= 15 is 0 Å². The first kappa shape index (κ1) is 15.9. The number of nitrogens with zero attached hydrogens (tertiary/aromatic N) is 3. The third-order valence-electron chi connectivity index (χ3n) is 3.00. The van der Waals surface area contributed by atoms with Crippen molar-refractivity contribution in [1.82, 2.24) is 15.1 Å². The third kappa shape index (κ3) is 4.49. The lowest BCUT2D eigenvalue weighted by Crippen LogP contribution is -2.30. The van der Waals surface area contributed by atoms with Crippen molar-refractivity contribution < 1.29 is 9.84 Å². The molecule has 1 atom stereocenters. The summed E-state index contributed by atoms with van der Waals surface area (Å²) in [6.45, 7) is 6.64. The Hall–Kier alpha value is -1.11. The molecule has 0 bridgehead atoms. The second-order valence-corrected chi connectivity index (χ2v) is 4.91. The average molecular weight is 270 g/mol. The highest BCUT2D eigenvalue weighted by atomic mass is 16.5. The molecule has 0 aromatic carbocycles. The van der Waals surface area contributed by atoms with Gasteiger partial charge in [0.25, 0.3) is 0 Å². The molecular weight excluding hydrogens is 244 g/mol. The lowest BCUT2D eigenvalue weighted by Gasteiger charge is -2.22. The first-order valence-electron chi connectivity index (χ1n) is 6.58. The number of aromatic nitrogens is 2. The molecule has 1 aromatic heterocycles. The minimum absolute atomic E-state index is 0.366. The van der Waals surface area contributed by atoms with Crippen LogP contribution in [0.5, 0.6) is 0 Å². The average Bonchev–Trinajstić information content (AvgIpc) is 2.58. The Labute approximate surface area is 115 Å². The summed E-state index contributed by atoms with van der Waals surface area (Å²) in [5.41, 5.74) is 2.18. The smallest absolute Gasteiger partial charge is 0.131 e. The van der Waals surface area contributed by atoms with Gasteiger partial charge in [0.15, 0.2) is 0 Å². The van der Waals surface area contributed by atoms with Crippen molar-refractivity contribution in [3.8, 4) is 0 Å². The highest BCUT2D eigenvalue weighted by molar-refractivity contribution is 5.49. The number of aliphatic hydroxyl groups excluding tert-OH is 1. The van der Waals surface area contributed by atoms with E-state index in [1.807, 2.05) is 30.6 Å². The van der Waals surface area contributed by atoms with E-state index < -0.39 is 0 Å². The largest absolute Gasteiger partial charge is 0.392 e. The quantitative estimate of drug-likeness (QED) is 0.665. The molecular formula is C13H26N4O2. The van der Waals surface area contributed by atoms with Gasteiger partial charge in [-0.2, -0.15) is 5.10 Å². The summed E-state index contributed by atoms with van der Waals surface area (Å²) in [7, 11) is 5.60. The molecule has 6 heteroatoms. The Morgan fingerprint density at radius 1 is 1.53 bits per heavy atom. The van der Waals surface area contributed by atoms with Crippen LogP contribution in [0.1, 0.15) is 18.2 Å². The minimum atomic E-state index is -0.366. The lowest BCUT2D eigenvalue weighted by atomic mass is 10.2. The van der Waals surface area contributed by atoms with Crippen molar-refractivity contribution in [2.45, 2.75) is 26.5 Å². The lowest BCUT2D eigenvalue weighted by molar-refractivity contribution is 0.199. The van der Waals surface area contributed by atoms with Crippen LogP contribution in [0.25, 0.3) is 0 Å². The topological polar surface area (TPSA) is 62.5 Å². The molecule has 6 nitrogen and oxygen atoms in total. The van der Waals surface area contributed by atoms with Crippen LogP contribution >= 0.6 is 0 Å². The van der Waals surface area contributed by atoms with E-state index in [2.05, 4.69) is 10.4 Å². The molecule has 0 aliphatic rings. The summed E-state index contributed by atoms with van der Waals surface area (Å²) in [5, 5.41) is 17.3. The Balaban J connectivity index is 2.78. The predicted octanol–water partition coefficient (Wildman–Crippen LogP) is 0.282. The first-order valence-corrected chi connectivity index (χ1v) is 6.58. The number of anilines is 1. The van der Waals surface area contributed by atoms with Crippen LogP contribution in [-0.2, 0) is 18.3 Å². The fraction of sp³-hybridized carbons (Fsp3) is 0.769. The highest BCUT2D eigenvalue weighted by Gasteiger charge is 2.17. The number of aryl methyl sites for hydroxylation is 2. The van der Waals surface area contributed by atoms with Gasteiger partial charge >= 0.3 is 0 Å². The van der Waals surface area contributed by atoms with Crippen molar-refractivity contribution in [1.29, 1.82) is 0 Å². The van der Waals surface area contributed by atoms with Crippen molar-refractivity contribution in [2.24, 2.45) is 7.05 Å². The van der Waals surface area contributed by atoms with Crippen LogP contribution in [-0.4, -0.2) is 54.8 Å². The van der Waals surface area contributed by atoms with Crippen molar-refractivity contribution >= 4 is 5.82 Å². The van der Waals surface area contributed by atoms with Gasteiger partial charge in [-0.1, -0.05) is 0 Å². The second kappa shape index (κ2) is 7.47. The molecule has 0 spiro atoms.